The molecule has 0 bridgehead atoms. The molecule has 0 aromatic carbocycles. The van der Waals surface area contributed by atoms with Crippen molar-refractivity contribution in [2.24, 2.45) is 0 Å². The first kappa shape index (κ1) is 19.7. The second-order valence-corrected chi connectivity index (χ2v) is 1.88. The first-order valence-electron chi connectivity index (χ1n) is 2.82. The maximum atomic E-state index is 10.2. The smallest absolute Gasteiger partial charge is 1.00 e. The second-order valence-electron chi connectivity index (χ2n) is 1.88. The molecule has 0 aliphatic carbocycles. The molecule has 0 saturated heterocycles. The van der Waals surface area contributed by atoms with Crippen molar-refractivity contribution >= 4 is 17.9 Å². The second kappa shape index (κ2) is 9.70. The number of hydrogen-bond donors (Lipinski definition) is 3. The van der Waals surface area contributed by atoms with Gasteiger partial charge in [0.2, 0.25) is 0 Å². The summed E-state index contributed by atoms with van der Waals surface area (Å²) in [5.41, 5.74) is -0.657. The number of carboxylic acids is 3. The third-order valence-electron chi connectivity index (χ3n) is 0.914. The molecule has 0 aliphatic heterocycles. The van der Waals surface area contributed by atoms with E-state index in [9.17, 15) is 14.4 Å². The van der Waals surface area contributed by atoms with E-state index in [2.05, 4.69) is 0 Å². The van der Waals surface area contributed by atoms with Crippen LogP contribution in [-0.2, 0) is 14.4 Å². The molecule has 70 valence electrons. The Balaban J connectivity index is -0.000000101. The maximum Gasteiger partial charge on any atom is 1.00 e. The largest absolute Gasteiger partial charge is 1.00 e. The van der Waals surface area contributed by atoms with Crippen LogP contribution < -0.4 is 59.1 Å². The topological polar surface area (TPSA) is 112 Å². The van der Waals surface area contributed by atoms with Gasteiger partial charge in [-0.05, 0) is 0 Å². The number of carbonyl (C=O) groups is 3. The van der Waals surface area contributed by atoms with Gasteiger partial charge < -0.3 is 18.2 Å². The van der Waals surface area contributed by atoms with Crippen LogP contribution in [0, 0.1) is 0 Å². The Bertz CT molecular complexity index is 268. The van der Waals surface area contributed by atoms with E-state index in [1.54, 1.807) is 0 Å². The zero-order chi connectivity index (χ0) is 9.72. The van der Waals surface area contributed by atoms with Crippen LogP contribution in [0.1, 0.15) is 9.27 Å². The van der Waals surface area contributed by atoms with E-state index < -0.39 is 29.9 Å². The fraction of sp³-hybridized carbons (Fsp3) is 0.167. The predicted octanol–water partition coefficient (Wildman–Crippen LogP) is -6.21. The van der Waals surface area contributed by atoms with E-state index in [4.69, 9.17) is 15.3 Å². The number of hydrogen-bond acceptors (Lipinski definition) is 3. The third kappa shape index (κ3) is 10.2. The first-order chi connectivity index (χ1) is 5.43. The summed E-state index contributed by atoms with van der Waals surface area (Å²) in [6, 6.07) is 0. The standard InChI is InChI=1S/C6H6O6.2Na.2H/c7-4(8)1-3(6(11)12)2-5(9)10;;;;/h1H,2H2,(H,7,8)(H,9,10)(H,11,12);;;;/q;2*+1;2*-1. The Morgan fingerprint density at radius 1 is 1.07 bits per heavy atom. The van der Waals surface area contributed by atoms with Crippen molar-refractivity contribution in [3.63, 3.8) is 0 Å². The van der Waals surface area contributed by atoms with Crippen LogP contribution in [0.25, 0.3) is 0 Å². The van der Waals surface area contributed by atoms with Crippen molar-refractivity contribution in [1.82, 2.24) is 0 Å². The summed E-state index contributed by atoms with van der Waals surface area (Å²) in [4.78, 5) is 30.1. The van der Waals surface area contributed by atoms with E-state index in [1.807, 2.05) is 0 Å². The molecule has 0 spiro atoms. The Hall–Kier alpha value is 0.150. The third-order valence-corrected chi connectivity index (χ3v) is 0.914. The van der Waals surface area contributed by atoms with Crippen LogP contribution in [0.2, 0.25) is 0 Å². The van der Waals surface area contributed by atoms with Crippen LogP contribution in [-0.4, -0.2) is 33.2 Å². The van der Waals surface area contributed by atoms with E-state index in [-0.39, 0.29) is 62.0 Å². The van der Waals surface area contributed by atoms with E-state index in [0.29, 0.717) is 6.08 Å². The van der Waals surface area contributed by atoms with Gasteiger partial charge in [-0.25, -0.2) is 9.59 Å². The maximum absolute atomic E-state index is 10.2. The summed E-state index contributed by atoms with van der Waals surface area (Å²) >= 11 is 0. The molecule has 0 radical (unpaired) electrons. The molecule has 0 heterocycles. The molecule has 0 aliphatic rings. The molecule has 0 aromatic rings. The van der Waals surface area contributed by atoms with Crippen molar-refractivity contribution in [2.75, 3.05) is 0 Å². The van der Waals surface area contributed by atoms with Gasteiger partial charge in [0, 0.05) is 6.08 Å². The van der Waals surface area contributed by atoms with Gasteiger partial charge in [0.1, 0.15) is 0 Å². The number of aliphatic carboxylic acids is 3. The van der Waals surface area contributed by atoms with Gasteiger partial charge in [-0.15, -0.1) is 0 Å². The molecule has 0 unspecified atom stereocenters. The Morgan fingerprint density at radius 3 is 1.71 bits per heavy atom. The Labute approximate surface area is 127 Å². The Morgan fingerprint density at radius 2 is 1.50 bits per heavy atom. The zero-order valence-corrected chi connectivity index (χ0v) is 11.9. The SMILES string of the molecule is O=C(O)C=C(CC(=O)O)C(=O)O.[H-].[H-].[Na+].[Na+]. The van der Waals surface area contributed by atoms with Gasteiger partial charge in [-0.2, -0.15) is 0 Å². The average molecular weight is 222 g/mol. The average Bonchev–Trinajstić information content (AvgIpc) is 1.83. The van der Waals surface area contributed by atoms with Crippen molar-refractivity contribution in [1.29, 1.82) is 0 Å². The molecule has 3 N–H and O–H groups in total. The van der Waals surface area contributed by atoms with Crippen LogP contribution in [0.3, 0.4) is 0 Å². The summed E-state index contributed by atoms with van der Waals surface area (Å²) in [5, 5.41) is 24.5. The van der Waals surface area contributed by atoms with Crippen LogP contribution in [0.5, 0.6) is 0 Å². The monoisotopic (exact) mass is 222 g/mol. The molecular formula is C6H8Na2O6. The van der Waals surface area contributed by atoms with Gasteiger partial charge in [0.25, 0.3) is 0 Å². The van der Waals surface area contributed by atoms with Crippen LogP contribution >= 0.6 is 0 Å². The van der Waals surface area contributed by atoms with E-state index >= 15 is 0 Å². The van der Waals surface area contributed by atoms with Crippen molar-refractivity contribution in [3.05, 3.63) is 11.6 Å². The fourth-order valence-corrected chi connectivity index (χ4v) is 0.500. The molecule has 0 fully saturated rings. The van der Waals surface area contributed by atoms with Crippen molar-refractivity contribution in [3.8, 4) is 0 Å². The molecule has 0 amide bonds. The molecule has 0 atom stereocenters. The van der Waals surface area contributed by atoms with Crippen LogP contribution in [0.4, 0.5) is 0 Å². The van der Waals surface area contributed by atoms with Crippen molar-refractivity contribution < 1.29 is 91.7 Å². The minimum Gasteiger partial charge on any atom is -1.00 e. The summed E-state index contributed by atoms with van der Waals surface area (Å²) in [6.07, 6.45) is -0.446. The molecular weight excluding hydrogens is 214 g/mol. The van der Waals surface area contributed by atoms with Gasteiger partial charge in [-0.1, -0.05) is 0 Å². The predicted molar refractivity (Wildman–Crippen MR) is 37.8 cm³/mol. The summed E-state index contributed by atoms with van der Waals surface area (Å²) in [7, 11) is 0. The van der Waals surface area contributed by atoms with E-state index in [0.717, 1.165) is 0 Å². The minimum atomic E-state index is -1.54. The Kier molecular flexibility index (Phi) is 13.6. The molecule has 8 heteroatoms. The number of rotatable bonds is 4. The number of carboxylic acid groups (broad SMARTS) is 3. The summed E-state index contributed by atoms with van der Waals surface area (Å²) in [6.45, 7) is 0. The molecule has 0 rings (SSSR count). The fourth-order valence-electron chi connectivity index (χ4n) is 0.500. The van der Waals surface area contributed by atoms with Gasteiger partial charge >= 0.3 is 77.0 Å². The summed E-state index contributed by atoms with van der Waals surface area (Å²) < 4.78 is 0. The van der Waals surface area contributed by atoms with Gasteiger partial charge in [-0.3, -0.25) is 4.79 Å². The van der Waals surface area contributed by atoms with Gasteiger partial charge in [0.15, 0.2) is 0 Å². The summed E-state index contributed by atoms with van der Waals surface area (Å²) in [5.74, 6) is -4.40. The van der Waals surface area contributed by atoms with Gasteiger partial charge in [0.05, 0.1) is 12.0 Å². The quantitative estimate of drug-likeness (QED) is 0.322. The first-order valence-corrected chi connectivity index (χ1v) is 2.82. The molecule has 0 aromatic heterocycles. The van der Waals surface area contributed by atoms with Crippen LogP contribution in [0.15, 0.2) is 11.6 Å². The minimum absolute atomic E-state index is 0. The molecule has 0 saturated carbocycles. The zero-order valence-electron chi connectivity index (χ0n) is 9.85. The van der Waals surface area contributed by atoms with Crippen molar-refractivity contribution in [2.45, 2.75) is 6.42 Å². The van der Waals surface area contributed by atoms with E-state index in [1.165, 1.54) is 0 Å². The molecule has 6 nitrogen and oxygen atoms in total. The molecule has 14 heavy (non-hydrogen) atoms. The normalized spacial score (nSPS) is 9.29.